The Morgan fingerprint density at radius 1 is 1.60 bits per heavy atom. The molecule has 1 unspecified atom stereocenters. The fourth-order valence-corrected chi connectivity index (χ4v) is 1.75. The maximum absolute atomic E-state index is 11.1. The van der Waals surface area contributed by atoms with E-state index in [1.807, 2.05) is 0 Å². The van der Waals surface area contributed by atoms with E-state index < -0.39 is 5.97 Å². The quantitative estimate of drug-likeness (QED) is 0.567. The van der Waals surface area contributed by atoms with Crippen LogP contribution in [0, 0.1) is 0 Å². The molecule has 0 fully saturated rings. The molecule has 0 bridgehead atoms. The van der Waals surface area contributed by atoms with E-state index in [4.69, 9.17) is 9.99 Å². The highest BCUT2D eigenvalue weighted by atomic mass is 17.1. The van der Waals surface area contributed by atoms with Crippen LogP contribution >= 0.6 is 0 Å². The molecule has 0 aliphatic carbocycles. The first-order chi connectivity index (χ1) is 7.22. The molecule has 1 heterocycles. The predicted octanol–water partition coefficient (Wildman–Crippen LogP) is 2.20. The zero-order valence-corrected chi connectivity index (χ0v) is 8.40. The Morgan fingerprint density at radius 3 is 3.13 bits per heavy atom. The number of benzene rings is 1. The van der Waals surface area contributed by atoms with Gasteiger partial charge in [-0.2, -0.15) is 5.26 Å². The summed E-state index contributed by atoms with van der Waals surface area (Å²) < 4.78 is 5.45. The molecule has 0 radical (unpaired) electrons. The van der Waals surface area contributed by atoms with Gasteiger partial charge >= 0.3 is 5.97 Å². The van der Waals surface area contributed by atoms with Crippen LogP contribution in [0.2, 0.25) is 0 Å². The fraction of sp³-hybridized carbons (Fsp3) is 0.364. The number of fused-ring (bicyclic) bond motifs is 1. The highest BCUT2D eigenvalue weighted by Crippen LogP contribution is 2.33. The largest absolute Gasteiger partial charge is 0.493 e. The van der Waals surface area contributed by atoms with Gasteiger partial charge in [-0.3, -0.25) is 4.89 Å². The minimum absolute atomic E-state index is 0.341. The highest BCUT2D eigenvalue weighted by molar-refractivity contribution is 5.89. The van der Waals surface area contributed by atoms with Gasteiger partial charge in [-0.05, 0) is 36.1 Å². The molecule has 1 N–H and O–H groups in total. The van der Waals surface area contributed by atoms with Crippen LogP contribution in [0.5, 0.6) is 5.75 Å². The number of rotatable bonds is 1. The number of carbonyl (C=O) groups excluding carboxylic acids is 1. The summed E-state index contributed by atoms with van der Waals surface area (Å²) in [7, 11) is 0. The smallest absolute Gasteiger partial charge is 0.372 e. The van der Waals surface area contributed by atoms with E-state index >= 15 is 0 Å². The van der Waals surface area contributed by atoms with Gasteiger partial charge in [0.05, 0.1) is 12.2 Å². The Hall–Kier alpha value is -1.55. The molecule has 1 aliphatic rings. The van der Waals surface area contributed by atoms with Crippen LogP contribution in [0.25, 0.3) is 0 Å². The van der Waals surface area contributed by atoms with Crippen LogP contribution < -0.4 is 4.74 Å². The Labute approximate surface area is 87.4 Å². The number of hydrogen-bond donors (Lipinski definition) is 1. The van der Waals surface area contributed by atoms with E-state index in [2.05, 4.69) is 11.8 Å². The first kappa shape index (κ1) is 9.98. The topological polar surface area (TPSA) is 55.8 Å². The number of hydrogen-bond acceptors (Lipinski definition) is 4. The van der Waals surface area contributed by atoms with Crippen LogP contribution in [0.15, 0.2) is 18.2 Å². The fourth-order valence-electron chi connectivity index (χ4n) is 1.75. The molecule has 1 aliphatic heterocycles. The summed E-state index contributed by atoms with van der Waals surface area (Å²) in [5.74, 6) is 0.430. The van der Waals surface area contributed by atoms with Gasteiger partial charge in [0.25, 0.3) is 0 Å². The zero-order chi connectivity index (χ0) is 10.8. The van der Waals surface area contributed by atoms with Gasteiger partial charge in [-0.15, -0.1) is 0 Å². The number of ether oxygens (including phenoxy) is 1. The lowest BCUT2D eigenvalue weighted by atomic mass is 9.93. The van der Waals surface area contributed by atoms with Crippen molar-refractivity contribution in [3.63, 3.8) is 0 Å². The summed E-state index contributed by atoms with van der Waals surface area (Å²) in [5.41, 5.74) is 1.33. The normalized spacial score (nSPS) is 18.9. The van der Waals surface area contributed by atoms with Gasteiger partial charge in [0.2, 0.25) is 0 Å². The maximum atomic E-state index is 11.1. The van der Waals surface area contributed by atoms with Crippen molar-refractivity contribution < 1.29 is 19.7 Å². The highest BCUT2D eigenvalue weighted by Gasteiger charge is 2.19. The first-order valence-corrected chi connectivity index (χ1v) is 4.85. The van der Waals surface area contributed by atoms with Crippen LogP contribution in [0.4, 0.5) is 0 Å². The molecule has 80 valence electrons. The lowest BCUT2D eigenvalue weighted by Gasteiger charge is -2.23. The van der Waals surface area contributed by atoms with Crippen molar-refractivity contribution in [2.75, 3.05) is 6.61 Å². The molecule has 4 heteroatoms. The van der Waals surface area contributed by atoms with Gasteiger partial charge in [0.1, 0.15) is 5.75 Å². The van der Waals surface area contributed by atoms with E-state index in [-0.39, 0.29) is 0 Å². The van der Waals surface area contributed by atoms with E-state index in [1.165, 1.54) is 0 Å². The Kier molecular flexibility index (Phi) is 2.60. The second-order valence-electron chi connectivity index (χ2n) is 3.67. The van der Waals surface area contributed by atoms with E-state index in [0.29, 0.717) is 18.1 Å². The van der Waals surface area contributed by atoms with E-state index in [9.17, 15) is 4.79 Å². The molecule has 1 aromatic rings. The van der Waals surface area contributed by atoms with Crippen LogP contribution in [0.3, 0.4) is 0 Å². The molecular formula is C11H12O4. The van der Waals surface area contributed by atoms with Crippen LogP contribution in [-0.2, 0) is 4.89 Å². The molecular weight excluding hydrogens is 196 g/mol. The summed E-state index contributed by atoms with van der Waals surface area (Å²) in [6.07, 6.45) is 0.935. The Morgan fingerprint density at radius 2 is 2.40 bits per heavy atom. The predicted molar refractivity (Wildman–Crippen MR) is 53.0 cm³/mol. The third-order valence-corrected chi connectivity index (χ3v) is 2.67. The third-order valence-electron chi connectivity index (χ3n) is 2.67. The summed E-state index contributed by atoms with van der Waals surface area (Å²) in [6, 6.07) is 5.02. The van der Waals surface area contributed by atoms with E-state index in [0.717, 1.165) is 17.7 Å². The molecule has 4 nitrogen and oxygen atoms in total. The average molecular weight is 208 g/mol. The average Bonchev–Trinajstić information content (AvgIpc) is 2.28. The molecule has 1 aromatic carbocycles. The zero-order valence-electron chi connectivity index (χ0n) is 8.40. The maximum Gasteiger partial charge on any atom is 0.372 e. The van der Waals surface area contributed by atoms with Gasteiger partial charge < -0.3 is 4.74 Å². The molecule has 0 spiro atoms. The van der Waals surface area contributed by atoms with Crippen molar-refractivity contribution in [3.8, 4) is 5.75 Å². The second kappa shape index (κ2) is 3.90. The Bertz CT molecular complexity index is 386. The summed E-state index contributed by atoms with van der Waals surface area (Å²) in [5, 5.41) is 8.28. The first-order valence-electron chi connectivity index (χ1n) is 4.85. The molecule has 2 rings (SSSR count). The van der Waals surface area contributed by atoms with Crippen molar-refractivity contribution in [1.29, 1.82) is 0 Å². The molecule has 1 atom stereocenters. The summed E-state index contributed by atoms with van der Waals surface area (Å²) in [6.45, 7) is 2.79. The molecule has 0 saturated carbocycles. The SMILES string of the molecule is CC1CCOc2ccc(C(=O)OO)cc21. The minimum atomic E-state index is -0.740. The lowest BCUT2D eigenvalue weighted by Crippen LogP contribution is -2.13. The number of carbonyl (C=O) groups is 1. The van der Waals surface area contributed by atoms with Crippen molar-refractivity contribution in [1.82, 2.24) is 0 Å². The van der Waals surface area contributed by atoms with Crippen LogP contribution in [0.1, 0.15) is 35.2 Å². The summed E-state index contributed by atoms with van der Waals surface area (Å²) >= 11 is 0. The van der Waals surface area contributed by atoms with Gasteiger partial charge in [-0.25, -0.2) is 4.79 Å². The standard InChI is InChI=1S/C11H12O4/c1-7-4-5-14-10-3-2-8(6-9(7)10)11(12)15-13/h2-3,6-7,13H,4-5H2,1H3. The molecule has 0 amide bonds. The van der Waals surface area contributed by atoms with Crippen molar-refractivity contribution in [3.05, 3.63) is 29.3 Å². The Balaban J connectivity index is 2.39. The van der Waals surface area contributed by atoms with Gasteiger partial charge in [0.15, 0.2) is 0 Å². The lowest BCUT2D eigenvalue weighted by molar-refractivity contribution is -0.182. The monoisotopic (exact) mass is 208 g/mol. The van der Waals surface area contributed by atoms with Crippen molar-refractivity contribution >= 4 is 5.97 Å². The second-order valence-corrected chi connectivity index (χ2v) is 3.67. The van der Waals surface area contributed by atoms with Crippen LogP contribution in [-0.4, -0.2) is 17.8 Å². The third kappa shape index (κ3) is 1.80. The van der Waals surface area contributed by atoms with E-state index in [1.54, 1.807) is 18.2 Å². The van der Waals surface area contributed by atoms with Crippen molar-refractivity contribution in [2.45, 2.75) is 19.3 Å². The molecule has 0 aromatic heterocycles. The summed E-state index contributed by atoms with van der Waals surface area (Å²) in [4.78, 5) is 14.8. The van der Waals surface area contributed by atoms with Gasteiger partial charge in [0, 0.05) is 0 Å². The van der Waals surface area contributed by atoms with Gasteiger partial charge in [-0.1, -0.05) is 6.92 Å². The molecule has 0 saturated heterocycles. The van der Waals surface area contributed by atoms with Crippen molar-refractivity contribution in [2.24, 2.45) is 0 Å². The minimum Gasteiger partial charge on any atom is -0.493 e. The molecule has 15 heavy (non-hydrogen) atoms.